The summed E-state index contributed by atoms with van der Waals surface area (Å²) in [6.45, 7) is -0.00499. The molecule has 1 unspecified atom stereocenters. The molecule has 1 aromatic rings. The number of aromatic nitrogens is 1. The molecule has 0 aliphatic carbocycles. The maximum Gasteiger partial charge on any atom is 0.312 e. The van der Waals surface area contributed by atoms with Crippen LogP contribution in [0.25, 0.3) is 0 Å². The van der Waals surface area contributed by atoms with Gasteiger partial charge in [0.25, 0.3) is 0 Å². The summed E-state index contributed by atoms with van der Waals surface area (Å²) < 4.78 is 0. The van der Waals surface area contributed by atoms with Crippen LogP contribution in [-0.2, 0) is 4.79 Å². The Hall–Kier alpha value is -0.840. The van der Waals surface area contributed by atoms with Crippen LogP contribution < -0.4 is 5.73 Å². The predicted octanol–water partition coefficient (Wildman–Crippen LogP) is 1.52. The van der Waals surface area contributed by atoms with Gasteiger partial charge in [-0.1, -0.05) is 23.2 Å². The van der Waals surface area contributed by atoms with Crippen molar-refractivity contribution in [3.05, 3.63) is 28.0 Å². The molecular formula is C8H8Cl2N2O2. The van der Waals surface area contributed by atoms with Crippen molar-refractivity contribution in [1.82, 2.24) is 4.98 Å². The van der Waals surface area contributed by atoms with Crippen LogP contribution in [0.3, 0.4) is 0 Å². The van der Waals surface area contributed by atoms with E-state index in [0.717, 1.165) is 0 Å². The number of rotatable bonds is 3. The van der Waals surface area contributed by atoms with E-state index in [-0.39, 0.29) is 16.7 Å². The van der Waals surface area contributed by atoms with Crippen molar-refractivity contribution in [3.63, 3.8) is 0 Å². The molecule has 0 spiro atoms. The Morgan fingerprint density at radius 3 is 2.71 bits per heavy atom. The maximum absolute atomic E-state index is 10.7. The Kier molecular flexibility index (Phi) is 3.69. The van der Waals surface area contributed by atoms with Gasteiger partial charge in [-0.05, 0) is 11.6 Å². The molecule has 0 saturated carbocycles. The van der Waals surface area contributed by atoms with Crippen molar-refractivity contribution in [2.45, 2.75) is 5.92 Å². The SMILES string of the molecule is NCC(C(=O)O)c1cnc(Cl)c(Cl)c1. The molecular weight excluding hydrogens is 227 g/mol. The number of nitrogens with zero attached hydrogens (tertiary/aromatic N) is 1. The first-order chi connectivity index (χ1) is 6.56. The normalized spacial score (nSPS) is 12.5. The smallest absolute Gasteiger partial charge is 0.312 e. The highest BCUT2D eigenvalue weighted by Gasteiger charge is 2.19. The lowest BCUT2D eigenvalue weighted by molar-refractivity contribution is -0.138. The van der Waals surface area contributed by atoms with Gasteiger partial charge < -0.3 is 10.8 Å². The first-order valence-electron chi connectivity index (χ1n) is 3.80. The van der Waals surface area contributed by atoms with Crippen molar-refractivity contribution in [1.29, 1.82) is 0 Å². The third-order valence-corrected chi connectivity index (χ3v) is 2.44. The molecule has 1 rings (SSSR count). The van der Waals surface area contributed by atoms with E-state index in [1.165, 1.54) is 12.3 Å². The molecule has 1 heterocycles. The van der Waals surface area contributed by atoms with Gasteiger partial charge in [-0.25, -0.2) is 4.98 Å². The zero-order valence-electron chi connectivity index (χ0n) is 7.08. The molecule has 0 amide bonds. The summed E-state index contributed by atoms with van der Waals surface area (Å²) in [6.07, 6.45) is 1.36. The molecule has 4 nitrogen and oxygen atoms in total. The highest BCUT2D eigenvalue weighted by molar-refractivity contribution is 6.41. The number of halogens is 2. The Morgan fingerprint density at radius 2 is 2.29 bits per heavy atom. The topological polar surface area (TPSA) is 76.2 Å². The Labute approximate surface area is 90.6 Å². The number of pyridine rings is 1. The fourth-order valence-electron chi connectivity index (χ4n) is 1.01. The van der Waals surface area contributed by atoms with Gasteiger partial charge in [-0.15, -0.1) is 0 Å². The van der Waals surface area contributed by atoms with Gasteiger partial charge in [-0.3, -0.25) is 4.79 Å². The van der Waals surface area contributed by atoms with Crippen molar-refractivity contribution in [2.75, 3.05) is 6.54 Å². The molecule has 0 saturated heterocycles. The van der Waals surface area contributed by atoms with Crippen LogP contribution in [0.1, 0.15) is 11.5 Å². The highest BCUT2D eigenvalue weighted by Crippen LogP contribution is 2.23. The molecule has 0 aliphatic rings. The summed E-state index contributed by atoms with van der Waals surface area (Å²) in [5.41, 5.74) is 5.76. The molecule has 0 bridgehead atoms. The summed E-state index contributed by atoms with van der Waals surface area (Å²) in [6, 6.07) is 1.46. The van der Waals surface area contributed by atoms with Crippen LogP contribution in [0.15, 0.2) is 12.3 Å². The Balaban J connectivity index is 3.06. The first-order valence-corrected chi connectivity index (χ1v) is 4.55. The summed E-state index contributed by atoms with van der Waals surface area (Å²) >= 11 is 11.3. The van der Waals surface area contributed by atoms with E-state index in [2.05, 4.69) is 4.98 Å². The van der Waals surface area contributed by atoms with Crippen molar-refractivity contribution in [3.8, 4) is 0 Å². The highest BCUT2D eigenvalue weighted by atomic mass is 35.5. The zero-order valence-corrected chi connectivity index (χ0v) is 8.59. The third kappa shape index (κ3) is 2.35. The standard InChI is InChI=1S/C8H8Cl2N2O2/c9-6-1-4(3-12-7(6)10)5(2-11)8(13)14/h1,3,5H,2,11H2,(H,13,14). The van der Waals surface area contributed by atoms with E-state index < -0.39 is 11.9 Å². The van der Waals surface area contributed by atoms with Gasteiger partial charge >= 0.3 is 5.97 Å². The van der Waals surface area contributed by atoms with Crippen LogP contribution in [0.4, 0.5) is 0 Å². The first kappa shape index (κ1) is 11.2. The van der Waals surface area contributed by atoms with Crippen molar-refractivity contribution >= 4 is 29.2 Å². The van der Waals surface area contributed by atoms with E-state index in [4.69, 9.17) is 34.0 Å². The fraction of sp³-hybridized carbons (Fsp3) is 0.250. The van der Waals surface area contributed by atoms with Crippen LogP contribution in [0, 0.1) is 0 Å². The molecule has 3 N–H and O–H groups in total. The minimum Gasteiger partial charge on any atom is -0.481 e. The van der Waals surface area contributed by atoms with Crippen molar-refractivity contribution in [2.24, 2.45) is 5.73 Å². The lowest BCUT2D eigenvalue weighted by Gasteiger charge is -2.09. The molecule has 0 aromatic carbocycles. The predicted molar refractivity (Wildman–Crippen MR) is 53.7 cm³/mol. The van der Waals surface area contributed by atoms with E-state index in [1.807, 2.05) is 0 Å². The second kappa shape index (κ2) is 4.59. The van der Waals surface area contributed by atoms with E-state index in [1.54, 1.807) is 0 Å². The molecule has 6 heteroatoms. The number of hydrogen-bond donors (Lipinski definition) is 2. The van der Waals surface area contributed by atoms with Crippen LogP contribution in [0.5, 0.6) is 0 Å². The molecule has 0 radical (unpaired) electrons. The zero-order chi connectivity index (χ0) is 10.7. The second-order valence-electron chi connectivity index (χ2n) is 2.67. The molecule has 0 fully saturated rings. The Morgan fingerprint density at radius 1 is 1.64 bits per heavy atom. The number of carboxylic acids is 1. The minimum absolute atomic E-state index is 0.00499. The van der Waals surface area contributed by atoms with E-state index in [9.17, 15) is 4.79 Å². The average Bonchev–Trinajstić information content (AvgIpc) is 2.11. The lowest BCUT2D eigenvalue weighted by Crippen LogP contribution is -2.21. The molecule has 1 aromatic heterocycles. The van der Waals surface area contributed by atoms with Crippen LogP contribution in [-0.4, -0.2) is 22.6 Å². The fourth-order valence-corrected chi connectivity index (χ4v) is 1.28. The Bertz CT molecular complexity index is 357. The lowest BCUT2D eigenvalue weighted by atomic mass is 10.0. The van der Waals surface area contributed by atoms with Gasteiger partial charge in [0.1, 0.15) is 5.15 Å². The van der Waals surface area contributed by atoms with Gasteiger partial charge in [-0.2, -0.15) is 0 Å². The number of carboxylic acid groups (broad SMARTS) is 1. The monoisotopic (exact) mass is 234 g/mol. The van der Waals surface area contributed by atoms with Gasteiger partial charge in [0.2, 0.25) is 0 Å². The third-order valence-electron chi connectivity index (χ3n) is 1.75. The summed E-state index contributed by atoms with van der Waals surface area (Å²) in [7, 11) is 0. The molecule has 14 heavy (non-hydrogen) atoms. The number of carbonyl (C=O) groups is 1. The van der Waals surface area contributed by atoms with Crippen molar-refractivity contribution < 1.29 is 9.90 Å². The van der Waals surface area contributed by atoms with Crippen LogP contribution in [0.2, 0.25) is 10.2 Å². The van der Waals surface area contributed by atoms with E-state index >= 15 is 0 Å². The average molecular weight is 235 g/mol. The number of aliphatic carboxylic acids is 1. The summed E-state index contributed by atoms with van der Waals surface area (Å²) in [4.78, 5) is 14.5. The van der Waals surface area contributed by atoms with Crippen LogP contribution >= 0.6 is 23.2 Å². The summed E-state index contributed by atoms with van der Waals surface area (Å²) in [5.74, 6) is -1.80. The largest absolute Gasteiger partial charge is 0.481 e. The second-order valence-corrected chi connectivity index (χ2v) is 3.43. The van der Waals surface area contributed by atoms with Gasteiger partial charge in [0.05, 0.1) is 10.9 Å². The molecule has 0 aliphatic heterocycles. The van der Waals surface area contributed by atoms with E-state index in [0.29, 0.717) is 5.56 Å². The quantitative estimate of drug-likeness (QED) is 0.778. The van der Waals surface area contributed by atoms with Gasteiger partial charge in [0.15, 0.2) is 0 Å². The number of hydrogen-bond acceptors (Lipinski definition) is 3. The minimum atomic E-state index is -1.01. The summed E-state index contributed by atoms with van der Waals surface area (Å²) in [5, 5.41) is 9.18. The maximum atomic E-state index is 10.7. The number of nitrogens with two attached hydrogens (primary N) is 1. The van der Waals surface area contributed by atoms with Gasteiger partial charge in [0, 0.05) is 12.7 Å². The molecule has 76 valence electrons. The molecule has 1 atom stereocenters.